The molecular formula is C17H28N2O5. The number of amides is 1. The van der Waals surface area contributed by atoms with Crippen LogP contribution >= 0.6 is 0 Å². The van der Waals surface area contributed by atoms with Crippen molar-refractivity contribution in [1.82, 2.24) is 10.3 Å². The summed E-state index contributed by atoms with van der Waals surface area (Å²) in [6.07, 6.45) is 0.917. The van der Waals surface area contributed by atoms with Crippen LogP contribution in [-0.2, 0) is 20.6 Å². The zero-order valence-electron chi connectivity index (χ0n) is 15.3. The van der Waals surface area contributed by atoms with E-state index in [0.717, 1.165) is 5.69 Å². The lowest BCUT2D eigenvalue weighted by atomic mass is 10.1. The quantitative estimate of drug-likeness (QED) is 0.802. The summed E-state index contributed by atoms with van der Waals surface area (Å²) in [6, 6.07) is 3.30. The Morgan fingerprint density at radius 1 is 1.12 bits per heavy atom. The first-order chi connectivity index (χ1) is 10.9. The second kappa shape index (κ2) is 8.08. The number of nitrogens with one attached hydrogen (secondary N) is 2. The molecule has 24 heavy (non-hydrogen) atoms. The van der Waals surface area contributed by atoms with E-state index in [1.807, 2.05) is 12.1 Å². The monoisotopic (exact) mass is 340 g/mol. The van der Waals surface area contributed by atoms with Crippen molar-refractivity contribution in [1.29, 1.82) is 0 Å². The maximum Gasteiger partial charge on any atom is 0.508 e. The number of carbonyl (C=O) groups is 2. The highest BCUT2D eigenvalue weighted by Crippen LogP contribution is 2.10. The average molecular weight is 340 g/mol. The number of aromatic amines is 1. The molecule has 1 aromatic rings. The largest absolute Gasteiger partial charge is 0.508 e. The Morgan fingerprint density at radius 2 is 1.75 bits per heavy atom. The van der Waals surface area contributed by atoms with E-state index in [0.29, 0.717) is 6.42 Å². The molecule has 1 rings (SSSR count). The maximum atomic E-state index is 12.0. The molecule has 0 bridgehead atoms. The van der Waals surface area contributed by atoms with Gasteiger partial charge in [0.2, 0.25) is 0 Å². The van der Waals surface area contributed by atoms with Gasteiger partial charge in [0.05, 0.1) is 6.04 Å². The van der Waals surface area contributed by atoms with E-state index in [4.69, 9.17) is 14.2 Å². The van der Waals surface area contributed by atoms with Crippen molar-refractivity contribution in [2.45, 2.75) is 65.2 Å². The van der Waals surface area contributed by atoms with Gasteiger partial charge in [0.1, 0.15) is 17.8 Å². The predicted octanol–water partition coefficient (Wildman–Crippen LogP) is 3.40. The molecule has 1 amide bonds. The molecule has 0 saturated heterocycles. The molecule has 0 saturated carbocycles. The molecule has 0 aliphatic rings. The van der Waals surface area contributed by atoms with E-state index in [9.17, 15) is 9.59 Å². The van der Waals surface area contributed by atoms with E-state index >= 15 is 0 Å². The maximum absolute atomic E-state index is 12.0. The third kappa shape index (κ3) is 9.07. The lowest BCUT2D eigenvalue weighted by molar-refractivity contribution is -0.0120. The minimum atomic E-state index is -0.773. The van der Waals surface area contributed by atoms with Crippen LogP contribution in [0.2, 0.25) is 0 Å². The Kier molecular flexibility index (Phi) is 6.69. The van der Waals surface area contributed by atoms with Crippen LogP contribution in [0.15, 0.2) is 18.3 Å². The molecule has 7 nitrogen and oxygen atoms in total. The minimum Gasteiger partial charge on any atom is -0.444 e. The lowest BCUT2D eigenvalue weighted by Crippen LogP contribution is -2.43. The molecule has 0 aromatic carbocycles. The van der Waals surface area contributed by atoms with Crippen LogP contribution in [0.5, 0.6) is 0 Å². The number of alkyl carbamates (subject to hydrolysis) is 1. The van der Waals surface area contributed by atoms with Crippen LogP contribution in [0.3, 0.4) is 0 Å². The van der Waals surface area contributed by atoms with Crippen molar-refractivity contribution in [2.24, 2.45) is 0 Å². The number of aromatic nitrogens is 1. The van der Waals surface area contributed by atoms with Crippen LogP contribution < -0.4 is 5.32 Å². The molecule has 136 valence electrons. The standard InChI is InChI=1S/C17H28N2O5/c1-16(2,3)23-14(20)19-13(10-12-8-7-9-18-12)11-22-15(21)24-17(4,5)6/h7-9,13,18H,10-11H2,1-6H3,(H,19,20)/t13-/m0/s1. The van der Waals surface area contributed by atoms with Crippen molar-refractivity contribution in [3.8, 4) is 0 Å². The first kappa shape index (κ1) is 19.9. The molecule has 1 aromatic heterocycles. The van der Waals surface area contributed by atoms with Crippen molar-refractivity contribution < 1.29 is 23.8 Å². The smallest absolute Gasteiger partial charge is 0.444 e. The summed E-state index contributed by atoms with van der Waals surface area (Å²) in [5.74, 6) is 0. The summed E-state index contributed by atoms with van der Waals surface area (Å²) in [4.78, 5) is 26.7. The summed E-state index contributed by atoms with van der Waals surface area (Å²) in [6.45, 7) is 10.6. The summed E-state index contributed by atoms with van der Waals surface area (Å²) in [5.41, 5.74) is -0.332. The highest BCUT2D eigenvalue weighted by Gasteiger charge is 2.23. The molecule has 0 aliphatic carbocycles. The van der Waals surface area contributed by atoms with Gasteiger partial charge in [-0.05, 0) is 53.7 Å². The number of hydrogen-bond acceptors (Lipinski definition) is 5. The second-order valence-electron chi connectivity index (χ2n) is 7.52. The topological polar surface area (TPSA) is 89.7 Å². The van der Waals surface area contributed by atoms with Gasteiger partial charge in [0.15, 0.2) is 0 Å². The highest BCUT2D eigenvalue weighted by molar-refractivity contribution is 5.68. The van der Waals surface area contributed by atoms with Crippen molar-refractivity contribution >= 4 is 12.2 Å². The van der Waals surface area contributed by atoms with Gasteiger partial charge in [0, 0.05) is 18.3 Å². The highest BCUT2D eigenvalue weighted by atomic mass is 16.7. The lowest BCUT2D eigenvalue weighted by Gasteiger charge is -2.24. The van der Waals surface area contributed by atoms with Gasteiger partial charge in [0.25, 0.3) is 0 Å². The zero-order chi connectivity index (χ0) is 18.4. The summed E-state index contributed by atoms with van der Waals surface area (Å²) in [7, 11) is 0. The van der Waals surface area contributed by atoms with E-state index in [1.54, 1.807) is 47.7 Å². The van der Waals surface area contributed by atoms with Crippen LogP contribution in [0, 0.1) is 0 Å². The van der Waals surface area contributed by atoms with Crippen molar-refractivity contribution in [3.63, 3.8) is 0 Å². The van der Waals surface area contributed by atoms with Crippen LogP contribution in [-0.4, -0.2) is 41.1 Å². The van der Waals surface area contributed by atoms with E-state index in [1.165, 1.54) is 0 Å². The fraction of sp³-hybridized carbons (Fsp3) is 0.647. The fourth-order valence-electron chi connectivity index (χ4n) is 1.83. The van der Waals surface area contributed by atoms with Gasteiger partial charge in [-0.1, -0.05) is 0 Å². The van der Waals surface area contributed by atoms with E-state index < -0.39 is 29.5 Å². The fourth-order valence-corrected chi connectivity index (χ4v) is 1.83. The molecule has 0 spiro atoms. The third-order valence-corrected chi connectivity index (χ3v) is 2.64. The third-order valence-electron chi connectivity index (χ3n) is 2.64. The molecular weight excluding hydrogens is 312 g/mol. The number of hydrogen-bond donors (Lipinski definition) is 2. The Labute approximate surface area is 143 Å². The van der Waals surface area contributed by atoms with Crippen molar-refractivity contribution in [3.05, 3.63) is 24.0 Å². The van der Waals surface area contributed by atoms with Gasteiger partial charge in [-0.3, -0.25) is 0 Å². The zero-order valence-corrected chi connectivity index (χ0v) is 15.3. The SMILES string of the molecule is CC(C)(C)OC(=O)N[C@H](COC(=O)OC(C)(C)C)Cc1ccc[nH]1. The van der Waals surface area contributed by atoms with Gasteiger partial charge >= 0.3 is 12.2 Å². The van der Waals surface area contributed by atoms with Crippen molar-refractivity contribution in [2.75, 3.05) is 6.61 Å². The normalized spacial score (nSPS) is 13.1. The number of ether oxygens (including phenoxy) is 3. The van der Waals surface area contributed by atoms with Gasteiger partial charge in [-0.15, -0.1) is 0 Å². The summed E-state index contributed by atoms with van der Waals surface area (Å²) >= 11 is 0. The molecule has 0 aliphatic heterocycles. The van der Waals surface area contributed by atoms with Crippen LogP contribution in [0.25, 0.3) is 0 Å². The second-order valence-corrected chi connectivity index (χ2v) is 7.52. The first-order valence-corrected chi connectivity index (χ1v) is 7.92. The van der Waals surface area contributed by atoms with Crippen LogP contribution in [0.1, 0.15) is 47.2 Å². The predicted molar refractivity (Wildman–Crippen MR) is 89.8 cm³/mol. The molecule has 2 N–H and O–H groups in total. The molecule has 0 radical (unpaired) electrons. The molecule has 7 heteroatoms. The van der Waals surface area contributed by atoms with Gasteiger partial charge in [-0.2, -0.15) is 0 Å². The number of carbonyl (C=O) groups excluding carboxylic acids is 2. The van der Waals surface area contributed by atoms with Gasteiger partial charge < -0.3 is 24.5 Å². The Balaban J connectivity index is 2.61. The summed E-state index contributed by atoms with van der Waals surface area (Å²) < 4.78 is 15.5. The first-order valence-electron chi connectivity index (χ1n) is 7.92. The Morgan fingerprint density at radius 3 is 2.25 bits per heavy atom. The number of rotatable bonds is 5. The molecule has 0 fully saturated rings. The Hall–Kier alpha value is -2.18. The average Bonchev–Trinajstić information content (AvgIpc) is 2.84. The molecule has 1 atom stereocenters. The molecule has 1 heterocycles. The number of H-pyrrole nitrogens is 1. The minimum absolute atomic E-state index is 0.0207. The summed E-state index contributed by atoms with van der Waals surface area (Å²) in [5, 5.41) is 2.72. The van der Waals surface area contributed by atoms with E-state index in [2.05, 4.69) is 10.3 Å². The Bertz CT molecular complexity index is 526. The van der Waals surface area contributed by atoms with Gasteiger partial charge in [-0.25, -0.2) is 9.59 Å². The van der Waals surface area contributed by atoms with E-state index in [-0.39, 0.29) is 6.61 Å². The van der Waals surface area contributed by atoms with Crippen LogP contribution in [0.4, 0.5) is 9.59 Å². The molecule has 0 unspecified atom stereocenters.